The molecule has 0 bridgehead atoms. The van der Waals surface area contributed by atoms with Crippen LogP contribution in [0.15, 0.2) is 12.7 Å². The highest BCUT2D eigenvalue weighted by molar-refractivity contribution is 5.88. The van der Waals surface area contributed by atoms with Crippen molar-refractivity contribution in [2.45, 2.75) is 26.2 Å². The Balaban J connectivity index is 3.36. The molecule has 2 heteroatoms. The van der Waals surface area contributed by atoms with Crippen molar-refractivity contribution in [1.29, 1.82) is 5.26 Å². The highest BCUT2D eigenvalue weighted by Gasteiger charge is 2.00. The van der Waals surface area contributed by atoms with Crippen molar-refractivity contribution in [1.82, 2.24) is 0 Å². The number of hydrogen-bond donors (Lipinski definition) is 0. The van der Waals surface area contributed by atoms with Crippen LogP contribution in [-0.2, 0) is 4.79 Å². The van der Waals surface area contributed by atoms with E-state index in [9.17, 15) is 4.79 Å². The van der Waals surface area contributed by atoms with E-state index in [1.54, 1.807) is 0 Å². The van der Waals surface area contributed by atoms with Gasteiger partial charge in [-0.1, -0.05) is 6.58 Å². The van der Waals surface area contributed by atoms with E-state index < -0.39 is 0 Å². The van der Waals surface area contributed by atoms with Gasteiger partial charge in [-0.2, -0.15) is 5.26 Å². The van der Waals surface area contributed by atoms with E-state index in [0.29, 0.717) is 6.42 Å². The van der Waals surface area contributed by atoms with Gasteiger partial charge in [0.25, 0.3) is 0 Å². The topological polar surface area (TPSA) is 40.9 Å². The summed E-state index contributed by atoms with van der Waals surface area (Å²) in [5.41, 5.74) is 0. The van der Waals surface area contributed by atoms with Crippen molar-refractivity contribution >= 4 is 5.78 Å². The Bertz CT molecular complexity index is 178. The molecule has 0 amide bonds. The number of hydrogen-bond acceptors (Lipinski definition) is 2. The standard InChI is InChI=1S/C9H13NO/c1-3-9(11)6-4-5-8(2)7-10/h3,8H,1,4-6H2,2H3. The Labute approximate surface area is 67.5 Å². The zero-order chi connectivity index (χ0) is 8.69. The molecule has 0 aromatic rings. The van der Waals surface area contributed by atoms with Crippen molar-refractivity contribution in [2.75, 3.05) is 0 Å². The summed E-state index contributed by atoms with van der Waals surface area (Å²) in [6.45, 7) is 5.22. The molecule has 0 radical (unpaired) electrons. The molecule has 0 heterocycles. The molecular formula is C9H13NO. The minimum absolute atomic E-state index is 0.0626. The zero-order valence-electron chi connectivity index (χ0n) is 6.84. The molecule has 0 aliphatic rings. The Morgan fingerprint density at radius 3 is 2.91 bits per heavy atom. The summed E-state index contributed by atoms with van der Waals surface area (Å²) < 4.78 is 0. The van der Waals surface area contributed by atoms with Crippen LogP contribution in [0.25, 0.3) is 0 Å². The lowest BCUT2D eigenvalue weighted by molar-refractivity contribution is -0.114. The maximum atomic E-state index is 10.7. The fraction of sp³-hybridized carbons (Fsp3) is 0.556. The van der Waals surface area contributed by atoms with Crippen LogP contribution in [0.2, 0.25) is 0 Å². The predicted octanol–water partition coefficient (Wildman–Crippen LogP) is 2.07. The van der Waals surface area contributed by atoms with Crippen LogP contribution in [0.5, 0.6) is 0 Å². The molecule has 11 heavy (non-hydrogen) atoms. The van der Waals surface area contributed by atoms with Gasteiger partial charge in [-0.05, 0) is 25.8 Å². The fourth-order valence-electron chi connectivity index (χ4n) is 0.749. The van der Waals surface area contributed by atoms with Crippen LogP contribution < -0.4 is 0 Å². The van der Waals surface area contributed by atoms with Crippen LogP contribution in [0, 0.1) is 17.2 Å². The third kappa shape index (κ3) is 5.35. The molecule has 0 saturated carbocycles. The molecule has 1 atom stereocenters. The molecule has 1 unspecified atom stereocenters. The molecule has 0 rings (SSSR count). The molecule has 0 aromatic heterocycles. The molecule has 0 N–H and O–H groups in total. The Morgan fingerprint density at radius 2 is 2.45 bits per heavy atom. The van der Waals surface area contributed by atoms with E-state index in [0.717, 1.165) is 12.8 Å². The predicted molar refractivity (Wildman–Crippen MR) is 43.8 cm³/mol. The first-order valence-electron chi connectivity index (χ1n) is 3.75. The van der Waals surface area contributed by atoms with Crippen LogP contribution in [0.4, 0.5) is 0 Å². The van der Waals surface area contributed by atoms with Crippen LogP contribution in [-0.4, -0.2) is 5.78 Å². The summed E-state index contributed by atoms with van der Waals surface area (Å²) in [7, 11) is 0. The first-order valence-corrected chi connectivity index (χ1v) is 3.75. The van der Waals surface area contributed by atoms with Gasteiger partial charge >= 0.3 is 0 Å². The van der Waals surface area contributed by atoms with Gasteiger partial charge in [0.2, 0.25) is 0 Å². The molecule has 0 fully saturated rings. The normalized spacial score (nSPS) is 11.6. The molecule has 0 spiro atoms. The summed E-state index contributed by atoms with van der Waals surface area (Å²) in [6, 6.07) is 2.12. The van der Waals surface area contributed by atoms with Crippen molar-refractivity contribution in [2.24, 2.45) is 5.92 Å². The van der Waals surface area contributed by atoms with Crippen LogP contribution in [0.3, 0.4) is 0 Å². The Morgan fingerprint density at radius 1 is 1.82 bits per heavy atom. The lowest BCUT2D eigenvalue weighted by Gasteiger charge is -1.98. The second-order valence-electron chi connectivity index (χ2n) is 2.59. The maximum Gasteiger partial charge on any atom is 0.155 e. The third-order valence-corrected chi connectivity index (χ3v) is 1.51. The van der Waals surface area contributed by atoms with E-state index in [1.807, 2.05) is 6.92 Å². The SMILES string of the molecule is C=CC(=O)CCCC(C)C#N. The molecule has 2 nitrogen and oxygen atoms in total. The fourth-order valence-corrected chi connectivity index (χ4v) is 0.749. The Hall–Kier alpha value is -1.10. The highest BCUT2D eigenvalue weighted by Crippen LogP contribution is 2.06. The van der Waals surface area contributed by atoms with Crippen molar-refractivity contribution in [3.8, 4) is 6.07 Å². The van der Waals surface area contributed by atoms with E-state index in [4.69, 9.17) is 5.26 Å². The second-order valence-corrected chi connectivity index (χ2v) is 2.59. The minimum atomic E-state index is 0.0626. The number of carbonyl (C=O) groups is 1. The molecule has 0 aliphatic heterocycles. The molecule has 0 aromatic carbocycles. The van der Waals surface area contributed by atoms with Gasteiger partial charge in [0.1, 0.15) is 0 Å². The quantitative estimate of drug-likeness (QED) is 0.564. The number of nitriles is 1. The van der Waals surface area contributed by atoms with E-state index in [1.165, 1.54) is 6.08 Å². The average molecular weight is 151 g/mol. The van der Waals surface area contributed by atoms with Crippen molar-refractivity contribution < 1.29 is 4.79 Å². The van der Waals surface area contributed by atoms with Gasteiger partial charge in [0, 0.05) is 12.3 Å². The number of allylic oxidation sites excluding steroid dienone is 1. The number of rotatable bonds is 5. The number of nitrogens with zero attached hydrogens (tertiary/aromatic N) is 1. The third-order valence-electron chi connectivity index (χ3n) is 1.51. The van der Waals surface area contributed by atoms with Gasteiger partial charge in [-0.25, -0.2) is 0 Å². The largest absolute Gasteiger partial charge is 0.295 e. The second kappa shape index (κ2) is 5.67. The van der Waals surface area contributed by atoms with E-state index in [2.05, 4.69) is 12.6 Å². The van der Waals surface area contributed by atoms with Crippen LogP contribution in [0.1, 0.15) is 26.2 Å². The molecule has 0 aliphatic carbocycles. The molecular weight excluding hydrogens is 138 g/mol. The molecule has 60 valence electrons. The monoisotopic (exact) mass is 151 g/mol. The van der Waals surface area contributed by atoms with Gasteiger partial charge < -0.3 is 0 Å². The lowest BCUT2D eigenvalue weighted by atomic mass is 10.0. The van der Waals surface area contributed by atoms with Gasteiger partial charge in [-0.3, -0.25) is 4.79 Å². The zero-order valence-corrected chi connectivity index (χ0v) is 6.84. The molecule has 0 saturated heterocycles. The van der Waals surface area contributed by atoms with E-state index in [-0.39, 0.29) is 11.7 Å². The van der Waals surface area contributed by atoms with E-state index >= 15 is 0 Å². The summed E-state index contributed by atoms with van der Waals surface area (Å²) in [5, 5.41) is 8.40. The average Bonchev–Trinajstić information content (AvgIpc) is 2.04. The summed E-state index contributed by atoms with van der Waals surface area (Å²) in [5.74, 6) is 0.128. The van der Waals surface area contributed by atoms with Crippen LogP contribution >= 0.6 is 0 Å². The number of carbonyl (C=O) groups excluding carboxylic acids is 1. The summed E-state index contributed by atoms with van der Waals surface area (Å²) in [6.07, 6.45) is 3.45. The minimum Gasteiger partial charge on any atom is -0.295 e. The first-order chi connectivity index (χ1) is 5.20. The lowest BCUT2D eigenvalue weighted by Crippen LogP contribution is -1.95. The smallest absolute Gasteiger partial charge is 0.155 e. The summed E-state index contributed by atoms with van der Waals surface area (Å²) in [4.78, 5) is 10.7. The highest BCUT2D eigenvalue weighted by atomic mass is 16.1. The Kier molecular flexibility index (Phi) is 5.10. The summed E-state index contributed by atoms with van der Waals surface area (Å²) >= 11 is 0. The van der Waals surface area contributed by atoms with Gasteiger partial charge in [0.15, 0.2) is 5.78 Å². The van der Waals surface area contributed by atoms with Crippen molar-refractivity contribution in [3.63, 3.8) is 0 Å². The van der Waals surface area contributed by atoms with Gasteiger partial charge in [0.05, 0.1) is 6.07 Å². The van der Waals surface area contributed by atoms with Crippen molar-refractivity contribution in [3.05, 3.63) is 12.7 Å². The van der Waals surface area contributed by atoms with Gasteiger partial charge in [-0.15, -0.1) is 0 Å². The first kappa shape index (κ1) is 9.90. The number of ketones is 1. The maximum absolute atomic E-state index is 10.7.